The third-order valence-corrected chi connectivity index (χ3v) is 2.71. The molecule has 0 aliphatic heterocycles. The summed E-state index contributed by atoms with van der Waals surface area (Å²) in [4.78, 5) is 11.6. The van der Waals surface area contributed by atoms with Crippen LogP contribution in [0.1, 0.15) is 25.6 Å². The van der Waals surface area contributed by atoms with E-state index in [1.165, 1.54) is 0 Å². The molecule has 0 fully saturated rings. The second kappa shape index (κ2) is 5.53. The zero-order valence-electron chi connectivity index (χ0n) is 10.5. The number of nitrogens with one attached hydrogen (secondary N) is 1. The quantitative estimate of drug-likeness (QED) is 0.877. The molecule has 5 heteroatoms. The van der Waals surface area contributed by atoms with Crippen LogP contribution in [0.25, 0.3) is 0 Å². The van der Waals surface area contributed by atoms with Crippen molar-refractivity contribution in [3.63, 3.8) is 0 Å². The number of carbonyl (C=O) groups is 1. The number of hydrogen-bond acceptors (Lipinski definition) is 3. The van der Waals surface area contributed by atoms with Crippen LogP contribution in [0.4, 0.5) is 0 Å². The monoisotopic (exact) mass is 247 g/mol. The second-order valence-electron chi connectivity index (χ2n) is 4.42. The van der Waals surface area contributed by atoms with Gasteiger partial charge in [0, 0.05) is 24.9 Å². The van der Waals surface area contributed by atoms with Gasteiger partial charge in [0.2, 0.25) is 5.91 Å². The van der Waals surface area contributed by atoms with Crippen molar-refractivity contribution < 1.29 is 9.21 Å². The summed E-state index contributed by atoms with van der Waals surface area (Å²) >= 11 is 0. The molecule has 1 amide bonds. The number of furan rings is 1. The Morgan fingerprint density at radius 1 is 1.50 bits per heavy atom. The first-order chi connectivity index (χ1) is 8.68. The van der Waals surface area contributed by atoms with E-state index < -0.39 is 0 Å². The molecule has 0 saturated heterocycles. The van der Waals surface area contributed by atoms with E-state index in [0.29, 0.717) is 6.54 Å². The first-order valence-corrected chi connectivity index (χ1v) is 5.98. The summed E-state index contributed by atoms with van der Waals surface area (Å²) in [5.41, 5.74) is 0. The summed E-state index contributed by atoms with van der Waals surface area (Å²) in [6, 6.07) is 5.45. The van der Waals surface area contributed by atoms with Crippen molar-refractivity contribution in [1.82, 2.24) is 15.1 Å². The minimum Gasteiger partial charge on any atom is -0.467 e. The Kier molecular flexibility index (Phi) is 3.82. The highest BCUT2D eigenvalue weighted by molar-refractivity contribution is 5.77. The number of aromatic nitrogens is 2. The molecule has 96 valence electrons. The van der Waals surface area contributed by atoms with E-state index in [4.69, 9.17) is 4.42 Å². The van der Waals surface area contributed by atoms with Crippen LogP contribution in [0.2, 0.25) is 0 Å². The largest absolute Gasteiger partial charge is 0.467 e. The standard InChI is InChI=1S/C13H17N3O2/c1-10(2)13(17)14-9-11(12-5-3-8-18-12)16-7-4-6-15-16/h3-8,10-11H,9H2,1-2H3,(H,14,17). The molecule has 0 bridgehead atoms. The summed E-state index contributed by atoms with van der Waals surface area (Å²) in [5.74, 6) is 0.779. The van der Waals surface area contributed by atoms with Gasteiger partial charge in [-0.15, -0.1) is 0 Å². The van der Waals surface area contributed by atoms with Crippen molar-refractivity contribution in [3.05, 3.63) is 42.6 Å². The van der Waals surface area contributed by atoms with Crippen LogP contribution in [-0.4, -0.2) is 22.2 Å². The molecule has 18 heavy (non-hydrogen) atoms. The first kappa shape index (κ1) is 12.4. The molecule has 0 aliphatic rings. The van der Waals surface area contributed by atoms with Crippen molar-refractivity contribution in [1.29, 1.82) is 0 Å². The van der Waals surface area contributed by atoms with Gasteiger partial charge in [-0.1, -0.05) is 13.8 Å². The van der Waals surface area contributed by atoms with E-state index in [2.05, 4.69) is 10.4 Å². The molecular weight excluding hydrogens is 230 g/mol. The van der Waals surface area contributed by atoms with Crippen LogP contribution in [0.3, 0.4) is 0 Å². The van der Waals surface area contributed by atoms with Crippen molar-refractivity contribution in [3.8, 4) is 0 Å². The van der Waals surface area contributed by atoms with Gasteiger partial charge in [-0.3, -0.25) is 9.48 Å². The normalized spacial score (nSPS) is 12.6. The zero-order chi connectivity index (χ0) is 13.0. The summed E-state index contributed by atoms with van der Waals surface area (Å²) < 4.78 is 7.18. The average Bonchev–Trinajstić information content (AvgIpc) is 3.01. The molecule has 0 aliphatic carbocycles. The highest BCUT2D eigenvalue weighted by atomic mass is 16.3. The molecule has 0 aromatic carbocycles. The summed E-state index contributed by atoms with van der Waals surface area (Å²) in [5, 5.41) is 7.10. The van der Waals surface area contributed by atoms with Crippen LogP contribution in [-0.2, 0) is 4.79 Å². The molecule has 2 rings (SSSR count). The van der Waals surface area contributed by atoms with Gasteiger partial charge < -0.3 is 9.73 Å². The number of nitrogens with zero attached hydrogens (tertiary/aromatic N) is 2. The summed E-state index contributed by atoms with van der Waals surface area (Å²) in [7, 11) is 0. The van der Waals surface area contributed by atoms with Crippen LogP contribution < -0.4 is 5.32 Å². The number of hydrogen-bond donors (Lipinski definition) is 1. The van der Waals surface area contributed by atoms with Gasteiger partial charge in [-0.05, 0) is 18.2 Å². The average molecular weight is 247 g/mol. The van der Waals surface area contributed by atoms with Crippen molar-refractivity contribution in [2.75, 3.05) is 6.54 Å². The third-order valence-electron chi connectivity index (χ3n) is 2.71. The van der Waals surface area contributed by atoms with Gasteiger partial charge in [-0.25, -0.2) is 0 Å². The Balaban J connectivity index is 2.10. The first-order valence-electron chi connectivity index (χ1n) is 5.98. The molecule has 1 N–H and O–H groups in total. The number of amides is 1. The number of carbonyl (C=O) groups excluding carboxylic acids is 1. The van der Waals surface area contributed by atoms with E-state index in [0.717, 1.165) is 5.76 Å². The Morgan fingerprint density at radius 2 is 2.33 bits per heavy atom. The van der Waals surface area contributed by atoms with E-state index in [-0.39, 0.29) is 17.9 Å². The maximum atomic E-state index is 11.6. The Morgan fingerprint density at radius 3 is 2.89 bits per heavy atom. The lowest BCUT2D eigenvalue weighted by Crippen LogP contribution is -2.33. The predicted octanol–water partition coefficient (Wildman–Crippen LogP) is 1.84. The molecule has 0 spiro atoms. The molecule has 0 saturated carbocycles. The smallest absolute Gasteiger partial charge is 0.222 e. The van der Waals surface area contributed by atoms with Crippen LogP contribution >= 0.6 is 0 Å². The lowest BCUT2D eigenvalue weighted by molar-refractivity contribution is -0.124. The van der Waals surface area contributed by atoms with Crippen molar-refractivity contribution >= 4 is 5.91 Å². The van der Waals surface area contributed by atoms with Crippen LogP contribution in [0, 0.1) is 5.92 Å². The topological polar surface area (TPSA) is 60.1 Å². The van der Waals surface area contributed by atoms with Gasteiger partial charge in [0.05, 0.1) is 6.26 Å². The lowest BCUT2D eigenvalue weighted by Gasteiger charge is -2.17. The van der Waals surface area contributed by atoms with Gasteiger partial charge in [0.15, 0.2) is 0 Å². The Labute approximate surface area is 106 Å². The van der Waals surface area contributed by atoms with Gasteiger partial charge in [-0.2, -0.15) is 5.10 Å². The lowest BCUT2D eigenvalue weighted by atomic mass is 10.2. The molecule has 1 atom stereocenters. The van der Waals surface area contributed by atoms with E-state index in [1.54, 1.807) is 17.1 Å². The van der Waals surface area contributed by atoms with E-state index in [9.17, 15) is 4.79 Å². The van der Waals surface area contributed by atoms with Crippen LogP contribution in [0.15, 0.2) is 41.3 Å². The third kappa shape index (κ3) is 2.80. The molecule has 2 aromatic rings. The zero-order valence-corrected chi connectivity index (χ0v) is 10.5. The van der Waals surface area contributed by atoms with Gasteiger partial charge in [0.1, 0.15) is 11.8 Å². The fourth-order valence-corrected chi connectivity index (χ4v) is 1.67. The second-order valence-corrected chi connectivity index (χ2v) is 4.42. The predicted molar refractivity (Wildman–Crippen MR) is 66.9 cm³/mol. The summed E-state index contributed by atoms with van der Waals surface area (Å²) in [6.45, 7) is 4.20. The molecule has 2 heterocycles. The van der Waals surface area contributed by atoms with Crippen molar-refractivity contribution in [2.45, 2.75) is 19.9 Å². The molecular formula is C13H17N3O2. The summed E-state index contributed by atoms with van der Waals surface area (Å²) in [6.07, 6.45) is 5.19. The fraction of sp³-hybridized carbons (Fsp3) is 0.385. The SMILES string of the molecule is CC(C)C(=O)NCC(c1ccco1)n1cccn1. The molecule has 2 aromatic heterocycles. The maximum Gasteiger partial charge on any atom is 0.222 e. The Hall–Kier alpha value is -2.04. The van der Waals surface area contributed by atoms with Crippen LogP contribution in [0.5, 0.6) is 0 Å². The molecule has 0 radical (unpaired) electrons. The number of rotatable bonds is 5. The van der Waals surface area contributed by atoms with Gasteiger partial charge >= 0.3 is 0 Å². The van der Waals surface area contributed by atoms with Gasteiger partial charge in [0.25, 0.3) is 0 Å². The highest BCUT2D eigenvalue weighted by Gasteiger charge is 2.18. The van der Waals surface area contributed by atoms with Crippen molar-refractivity contribution in [2.24, 2.45) is 5.92 Å². The molecule has 5 nitrogen and oxygen atoms in total. The van der Waals surface area contributed by atoms with E-state index in [1.807, 2.05) is 38.2 Å². The fourth-order valence-electron chi connectivity index (χ4n) is 1.67. The minimum atomic E-state index is -0.113. The maximum absolute atomic E-state index is 11.6. The van der Waals surface area contributed by atoms with E-state index >= 15 is 0 Å². The minimum absolute atomic E-state index is 0.0266. The Bertz CT molecular complexity index is 440. The highest BCUT2D eigenvalue weighted by Crippen LogP contribution is 2.17. The molecule has 1 unspecified atom stereocenters.